The zero-order valence-corrected chi connectivity index (χ0v) is 32.6. The summed E-state index contributed by atoms with van der Waals surface area (Å²) in [5.41, 5.74) is 5.08. The van der Waals surface area contributed by atoms with Crippen LogP contribution >= 0.6 is 0 Å². The molecule has 3 aromatic heterocycles. The molecule has 5 nitrogen and oxygen atoms in total. The fourth-order valence-electron chi connectivity index (χ4n) is 8.13. The van der Waals surface area contributed by atoms with Gasteiger partial charge in [-0.1, -0.05) is 176 Å². The molecule has 9 aromatic carbocycles. The Bertz CT molecular complexity index is 4300. The van der Waals surface area contributed by atoms with Gasteiger partial charge in [-0.25, -0.2) is 15.0 Å². The van der Waals surface area contributed by atoms with Gasteiger partial charge in [-0.3, -0.25) is 0 Å². The summed E-state index contributed by atoms with van der Waals surface area (Å²) in [6.45, 7) is 0. The first kappa shape index (κ1) is 25.3. The lowest BCUT2D eigenvalue weighted by molar-refractivity contribution is 0.669. The molecule has 12 rings (SSSR count). The Hall–Kier alpha value is -8.41. The Morgan fingerprint density at radius 2 is 1.02 bits per heavy atom. The van der Waals surface area contributed by atoms with Gasteiger partial charge in [-0.15, -0.1) is 0 Å². The lowest BCUT2D eigenvalue weighted by Crippen LogP contribution is -2.05. The molecule has 0 aliphatic carbocycles. The Morgan fingerprint density at radius 1 is 0.387 bits per heavy atom. The van der Waals surface area contributed by atoms with Crippen LogP contribution in [0, 0.1) is 0 Å². The van der Waals surface area contributed by atoms with Gasteiger partial charge in [0.15, 0.2) is 17.5 Å². The molecule has 0 saturated heterocycles. The lowest BCUT2D eigenvalue weighted by atomic mass is 9.95. The minimum atomic E-state index is -0.710. The third kappa shape index (κ3) is 6.06. The monoisotopic (exact) mass is 804 g/mol. The van der Waals surface area contributed by atoms with E-state index in [1.807, 2.05) is 133 Å². The number of furan rings is 1. The second-order valence-corrected chi connectivity index (χ2v) is 14.7. The van der Waals surface area contributed by atoms with Gasteiger partial charge >= 0.3 is 0 Å². The summed E-state index contributed by atoms with van der Waals surface area (Å²) in [6, 6.07) is 38.2. The summed E-state index contributed by atoms with van der Waals surface area (Å²) < 4.78 is 117. The van der Waals surface area contributed by atoms with Gasteiger partial charge in [0.25, 0.3) is 0 Å². The Kier molecular flexibility index (Phi) is 5.99. The van der Waals surface area contributed by atoms with E-state index in [1.165, 1.54) is 4.57 Å². The SMILES string of the molecule is [2H]c1c([2H])c([2H])c(-c2c([2H])c([2H])c3c(c2[2H])c2c([2H])c([2H])c([2H])c([2H])c2n3-c2cccc(-c3ccc(-c4ccccc4)cc3)c2-c2nc(-c3ccccc3)nc(-c3ccc4c(c3)oc3ccccc34)n2)c([2H])c1[2H]. The van der Waals surface area contributed by atoms with Crippen molar-refractivity contribution in [3.05, 3.63) is 218 Å². The van der Waals surface area contributed by atoms with E-state index in [-0.39, 0.29) is 39.1 Å². The second kappa shape index (κ2) is 14.7. The van der Waals surface area contributed by atoms with E-state index >= 15 is 0 Å². The highest BCUT2D eigenvalue weighted by molar-refractivity contribution is 6.11. The van der Waals surface area contributed by atoms with Crippen molar-refractivity contribution < 1.29 is 20.9 Å². The summed E-state index contributed by atoms with van der Waals surface area (Å²) in [5, 5.41) is 1.46. The molecule has 0 saturated carbocycles. The van der Waals surface area contributed by atoms with E-state index in [1.54, 1.807) is 12.1 Å². The van der Waals surface area contributed by atoms with Crippen LogP contribution in [0.25, 0.3) is 117 Å². The number of benzene rings is 9. The van der Waals surface area contributed by atoms with E-state index < -0.39 is 83.6 Å². The molecular weight excluding hydrogens is 757 g/mol. The average molecular weight is 805 g/mol. The minimum absolute atomic E-state index is 0.131. The summed E-state index contributed by atoms with van der Waals surface area (Å²) in [6.07, 6.45) is 0. The zero-order valence-electron chi connectivity index (χ0n) is 44.6. The van der Waals surface area contributed by atoms with Crippen molar-refractivity contribution in [3.8, 4) is 73.2 Å². The van der Waals surface area contributed by atoms with Crippen LogP contribution in [0.5, 0.6) is 0 Å². The molecule has 0 amide bonds. The van der Waals surface area contributed by atoms with Crippen molar-refractivity contribution in [1.29, 1.82) is 0 Å². The largest absolute Gasteiger partial charge is 0.456 e. The molecule has 290 valence electrons. The average Bonchev–Trinajstić information content (AvgIpc) is 4.01. The smallest absolute Gasteiger partial charge is 0.166 e. The first-order chi connectivity index (χ1) is 35.7. The predicted molar refractivity (Wildman–Crippen MR) is 254 cm³/mol. The Labute approximate surface area is 374 Å². The van der Waals surface area contributed by atoms with Crippen LogP contribution in [-0.2, 0) is 0 Å². The van der Waals surface area contributed by atoms with Crippen LogP contribution < -0.4 is 0 Å². The van der Waals surface area contributed by atoms with Gasteiger partial charge in [-0.2, -0.15) is 0 Å². The number of nitrogens with zero attached hydrogens (tertiary/aromatic N) is 4. The van der Waals surface area contributed by atoms with Crippen molar-refractivity contribution in [2.75, 3.05) is 0 Å². The molecule has 0 aliphatic rings. The number of hydrogen-bond donors (Lipinski definition) is 0. The van der Waals surface area contributed by atoms with E-state index in [4.69, 9.17) is 29.0 Å². The highest BCUT2D eigenvalue weighted by atomic mass is 16.3. The quantitative estimate of drug-likeness (QED) is 0.161. The molecule has 12 aromatic rings. The molecule has 0 bridgehead atoms. The maximum Gasteiger partial charge on any atom is 0.166 e. The number of fused-ring (bicyclic) bond motifs is 6. The fourth-order valence-corrected chi connectivity index (χ4v) is 8.13. The predicted octanol–water partition coefficient (Wildman–Crippen LogP) is 14.9. The molecule has 0 N–H and O–H groups in total. The maximum atomic E-state index is 9.83. The highest BCUT2D eigenvalue weighted by Gasteiger charge is 2.23. The van der Waals surface area contributed by atoms with Crippen molar-refractivity contribution in [2.24, 2.45) is 0 Å². The highest BCUT2D eigenvalue weighted by Crippen LogP contribution is 2.42. The van der Waals surface area contributed by atoms with Crippen LogP contribution in [-0.4, -0.2) is 19.5 Å². The van der Waals surface area contributed by atoms with Crippen LogP contribution in [0.4, 0.5) is 0 Å². The molecule has 0 unspecified atom stereocenters. The summed E-state index contributed by atoms with van der Waals surface area (Å²) in [5.74, 6) is 0.699. The standard InChI is InChI=1S/C57H36N4O/c1-4-15-37(16-5-1)39-27-29-40(30-28-39)44-23-14-25-51(61-49-24-12-10-21-45(49)48-35-42(32-34-50(48)61)38-17-6-2-7-18-38)54(44)57-59-55(41-19-8-3-9-20-41)58-56(60-57)43-31-33-47-46-22-11-13-26-52(46)62-53(47)36-43/h1-36H/i2D,6D,7D,10D,12D,17D,18D,21D,24D,32D,34D,35D. The molecular formula is C57H36N4O. The molecule has 5 heteroatoms. The summed E-state index contributed by atoms with van der Waals surface area (Å²) in [4.78, 5) is 15.4. The van der Waals surface area contributed by atoms with Gasteiger partial charge in [-0.05, 0) is 75.8 Å². The van der Waals surface area contributed by atoms with E-state index in [9.17, 15) is 6.85 Å². The van der Waals surface area contributed by atoms with Gasteiger partial charge in [0, 0.05) is 32.7 Å². The normalized spacial score (nSPS) is 14.3. The van der Waals surface area contributed by atoms with Crippen LogP contribution in [0.3, 0.4) is 0 Å². The molecule has 3 heterocycles. The van der Waals surface area contributed by atoms with Crippen molar-refractivity contribution >= 4 is 43.7 Å². The molecule has 0 atom stereocenters. The first-order valence-electron chi connectivity index (χ1n) is 25.9. The summed E-state index contributed by atoms with van der Waals surface area (Å²) in [7, 11) is 0. The second-order valence-electron chi connectivity index (χ2n) is 14.7. The van der Waals surface area contributed by atoms with E-state index in [0.29, 0.717) is 44.8 Å². The van der Waals surface area contributed by atoms with Gasteiger partial charge < -0.3 is 8.98 Å². The number of hydrogen-bond acceptors (Lipinski definition) is 4. The van der Waals surface area contributed by atoms with Crippen LogP contribution in [0.1, 0.15) is 16.4 Å². The van der Waals surface area contributed by atoms with Crippen LogP contribution in [0.2, 0.25) is 0 Å². The maximum absolute atomic E-state index is 9.83. The minimum Gasteiger partial charge on any atom is -0.456 e. The molecule has 62 heavy (non-hydrogen) atoms. The Balaban J connectivity index is 1.22. The van der Waals surface area contributed by atoms with Gasteiger partial charge in [0.2, 0.25) is 0 Å². The molecule has 0 radical (unpaired) electrons. The van der Waals surface area contributed by atoms with E-state index in [2.05, 4.69) is 0 Å². The molecule has 0 spiro atoms. The van der Waals surface area contributed by atoms with Gasteiger partial charge in [0.05, 0.1) is 38.7 Å². The van der Waals surface area contributed by atoms with Crippen LogP contribution in [0.15, 0.2) is 223 Å². The number of rotatable bonds is 7. The number of para-hydroxylation sites is 2. The third-order valence-corrected chi connectivity index (χ3v) is 11.0. The molecule has 0 aliphatic heterocycles. The van der Waals surface area contributed by atoms with Gasteiger partial charge in [0.1, 0.15) is 11.2 Å². The fraction of sp³-hybridized carbons (Fsp3) is 0. The topological polar surface area (TPSA) is 56.7 Å². The zero-order chi connectivity index (χ0) is 51.4. The summed E-state index contributed by atoms with van der Waals surface area (Å²) >= 11 is 0. The van der Waals surface area contributed by atoms with E-state index in [0.717, 1.165) is 21.9 Å². The Morgan fingerprint density at radius 3 is 1.84 bits per heavy atom. The first-order valence-corrected chi connectivity index (χ1v) is 19.9. The number of aromatic nitrogens is 4. The van der Waals surface area contributed by atoms with Crippen molar-refractivity contribution in [1.82, 2.24) is 19.5 Å². The lowest BCUT2D eigenvalue weighted by Gasteiger charge is -2.18. The van der Waals surface area contributed by atoms with Crippen molar-refractivity contribution in [3.63, 3.8) is 0 Å². The third-order valence-electron chi connectivity index (χ3n) is 11.0. The van der Waals surface area contributed by atoms with Crippen molar-refractivity contribution in [2.45, 2.75) is 0 Å². The molecule has 0 fully saturated rings.